The van der Waals surface area contributed by atoms with Gasteiger partial charge in [-0.1, -0.05) is 27.5 Å². The van der Waals surface area contributed by atoms with Crippen LogP contribution in [0.2, 0.25) is 5.02 Å². The number of rotatable bonds is 1. The van der Waals surface area contributed by atoms with Gasteiger partial charge in [0.25, 0.3) is 0 Å². The number of pyridine rings is 1. The topological polar surface area (TPSA) is 12.9 Å². The Labute approximate surface area is 86.0 Å². The average Bonchev–Trinajstić information content (AvgIpc) is 2.01. The Kier molecular flexibility index (Phi) is 3.18. The van der Waals surface area contributed by atoms with Gasteiger partial charge in [-0.2, -0.15) is 13.2 Å². The van der Waals surface area contributed by atoms with Crippen molar-refractivity contribution in [3.63, 3.8) is 0 Å². The SMILES string of the molecule is FC(F)(F)c1ncc(Cl)cc1CBr. The number of hydrogen-bond acceptors (Lipinski definition) is 1. The maximum atomic E-state index is 12.2. The highest BCUT2D eigenvalue weighted by Gasteiger charge is 2.34. The van der Waals surface area contributed by atoms with Crippen LogP contribution in [0, 0.1) is 0 Å². The van der Waals surface area contributed by atoms with Gasteiger partial charge in [0.05, 0.1) is 5.02 Å². The van der Waals surface area contributed by atoms with E-state index < -0.39 is 11.9 Å². The van der Waals surface area contributed by atoms with Crippen molar-refractivity contribution in [1.29, 1.82) is 0 Å². The van der Waals surface area contributed by atoms with E-state index in [1.54, 1.807) is 0 Å². The van der Waals surface area contributed by atoms with Crippen LogP contribution >= 0.6 is 27.5 Å². The zero-order valence-corrected chi connectivity index (χ0v) is 8.54. The standard InChI is InChI=1S/C7H4BrClF3N/c8-2-4-1-5(9)3-13-6(4)7(10,11)12/h1,3H,2H2. The summed E-state index contributed by atoms with van der Waals surface area (Å²) >= 11 is 8.43. The van der Waals surface area contributed by atoms with Crippen molar-refractivity contribution >= 4 is 27.5 Å². The lowest BCUT2D eigenvalue weighted by Gasteiger charge is -2.09. The Hall–Kier alpha value is -0.290. The van der Waals surface area contributed by atoms with E-state index in [9.17, 15) is 13.2 Å². The number of aromatic nitrogens is 1. The van der Waals surface area contributed by atoms with E-state index in [1.165, 1.54) is 6.07 Å². The Morgan fingerprint density at radius 2 is 2.08 bits per heavy atom. The first-order valence-corrected chi connectivity index (χ1v) is 4.72. The van der Waals surface area contributed by atoms with Gasteiger partial charge in [-0.3, -0.25) is 0 Å². The number of halogens is 5. The summed E-state index contributed by atoms with van der Waals surface area (Å²) < 4.78 is 36.7. The quantitative estimate of drug-likeness (QED) is 0.712. The van der Waals surface area contributed by atoms with E-state index in [0.717, 1.165) is 6.20 Å². The zero-order valence-electron chi connectivity index (χ0n) is 6.20. The van der Waals surface area contributed by atoms with Crippen LogP contribution < -0.4 is 0 Å². The predicted octanol–water partition coefficient (Wildman–Crippen LogP) is 3.65. The molecule has 0 spiro atoms. The van der Waals surface area contributed by atoms with Crippen molar-refractivity contribution in [3.8, 4) is 0 Å². The Balaban J connectivity index is 3.22. The molecular weight excluding hydrogens is 270 g/mol. The number of nitrogens with zero attached hydrogens (tertiary/aromatic N) is 1. The summed E-state index contributed by atoms with van der Waals surface area (Å²) in [7, 11) is 0. The van der Waals surface area contributed by atoms with Gasteiger partial charge < -0.3 is 0 Å². The van der Waals surface area contributed by atoms with Gasteiger partial charge in [0, 0.05) is 11.5 Å². The summed E-state index contributed by atoms with van der Waals surface area (Å²) in [6, 6.07) is 1.24. The second kappa shape index (κ2) is 3.84. The molecule has 0 radical (unpaired) electrons. The van der Waals surface area contributed by atoms with E-state index in [1.807, 2.05) is 0 Å². The minimum absolute atomic E-state index is 0.0417. The third kappa shape index (κ3) is 2.57. The fourth-order valence-corrected chi connectivity index (χ4v) is 1.45. The molecule has 13 heavy (non-hydrogen) atoms. The summed E-state index contributed by atoms with van der Waals surface area (Å²) in [5.41, 5.74) is -0.853. The number of alkyl halides is 4. The first-order chi connectivity index (χ1) is 5.95. The molecule has 0 aliphatic heterocycles. The van der Waals surface area contributed by atoms with Gasteiger partial charge in [0.15, 0.2) is 0 Å². The van der Waals surface area contributed by atoms with Crippen molar-refractivity contribution in [2.75, 3.05) is 0 Å². The summed E-state index contributed by atoms with van der Waals surface area (Å²) in [4.78, 5) is 3.23. The number of hydrogen-bond donors (Lipinski definition) is 0. The Morgan fingerprint density at radius 1 is 1.46 bits per heavy atom. The fraction of sp³-hybridized carbons (Fsp3) is 0.286. The highest BCUT2D eigenvalue weighted by Crippen LogP contribution is 2.32. The lowest BCUT2D eigenvalue weighted by atomic mass is 10.2. The third-order valence-corrected chi connectivity index (χ3v) is 2.16. The van der Waals surface area contributed by atoms with Crippen LogP contribution in [0.1, 0.15) is 11.3 Å². The highest BCUT2D eigenvalue weighted by molar-refractivity contribution is 9.08. The van der Waals surface area contributed by atoms with Crippen LogP contribution in [0.5, 0.6) is 0 Å². The molecule has 72 valence electrons. The third-order valence-electron chi connectivity index (χ3n) is 1.35. The molecule has 0 fully saturated rings. The molecule has 0 aliphatic rings. The smallest absolute Gasteiger partial charge is 0.250 e. The molecular formula is C7H4BrClF3N. The molecule has 0 N–H and O–H groups in total. The van der Waals surface area contributed by atoms with Crippen molar-refractivity contribution in [1.82, 2.24) is 4.98 Å². The summed E-state index contributed by atoms with van der Waals surface area (Å²) in [6.07, 6.45) is -3.44. The molecule has 0 atom stereocenters. The molecule has 6 heteroatoms. The molecule has 1 heterocycles. The molecule has 0 aliphatic carbocycles. The predicted molar refractivity (Wildman–Crippen MR) is 46.9 cm³/mol. The summed E-state index contributed by atoms with van der Waals surface area (Å²) in [5, 5.41) is 0.275. The van der Waals surface area contributed by atoms with E-state index in [4.69, 9.17) is 11.6 Å². The second-order valence-corrected chi connectivity index (χ2v) is 3.29. The molecule has 1 nitrogen and oxygen atoms in total. The molecule has 1 aromatic rings. The van der Waals surface area contributed by atoms with Gasteiger partial charge in [0.2, 0.25) is 0 Å². The lowest BCUT2D eigenvalue weighted by Crippen LogP contribution is -2.10. The maximum absolute atomic E-state index is 12.2. The molecule has 1 aromatic heterocycles. The van der Waals surface area contributed by atoms with Crippen LogP contribution in [-0.4, -0.2) is 4.98 Å². The Bertz CT molecular complexity index is 313. The minimum Gasteiger partial charge on any atom is -0.250 e. The van der Waals surface area contributed by atoms with E-state index in [0.29, 0.717) is 0 Å². The van der Waals surface area contributed by atoms with Gasteiger partial charge in [-0.05, 0) is 11.6 Å². The molecule has 0 saturated carbocycles. The average molecular weight is 274 g/mol. The van der Waals surface area contributed by atoms with Crippen LogP contribution in [-0.2, 0) is 11.5 Å². The van der Waals surface area contributed by atoms with E-state index in [2.05, 4.69) is 20.9 Å². The maximum Gasteiger partial charge on any atom is 0.433 e. The van der Waals surface area contributed by atoms with E-state index in [-0.39, 0.29) is 15.9 Å². The summed E-state index contributed by atoms with van der Waals surface area (Å²) in [5.74, 6) is 0. The van der Waals surface area contributed by atoms with Crippen LogP contribution in [0.25, 0.3) is 0 Å². The molecule has 0 saturated heterocycles. The second-order valence-electron chi connectivity index (χ2n) is 2.29. The molecule has 0 bridgehead atoms. The molecule has 1 rings (SSSR count). The largest absolute Gasteiger partial charge is 0.433 e. The highest BCUT2D eigenvalue weighted by atomic mass is 79.9. The minimum atomic E-state index is -4.42. The lowest BCUT2D eigenvalue weighted by molar-refractivity contribution is -0.141. The molecule has 0 unspecified atom stereocenters. The van der Waals surface area contributed by atoms with Crippen molar-refractivity contribution in [2.45, 2.75) is 11.5 Å². The van der Waals surface area contributed by atoms with Crippen molar-refractivity contribution < 1.29 is 13.2 Å². The van der Waals surface area contributed by atoms with Crippen LogP contribution in [0.4, 0.5) is 13.2 Å². The van der Waals surface area contributed by atoms with Gasteiger partial charge in [-0.25, -0.2) is 4.98 Å². The van der Waals surface area contributed by atoms with Crippen LogP contribution in [0.3, 0.4) is 0 Å². The summed E-state index contributed by atoms with van der Waals surface area (Å²) in [6.45, 7) is 0. The monoisotopic (exact) mass is 273 g/mol. The van der Waals surface area contributed by atoms with E-state index >= 15 is 0 Å². The first-order valence-electron chi connectivity index (χ1n) is 3.22. The first kappa shape index (κ1) is 10.8. The Morgan fingerprint density at radius 3 is 2.54 bits per heavy atom. The van der Waals surface area contributed by atoms with Crippen molar-refractivity contribution in [3.05, 3.63) is 28.5 Å². The van der Waals surface area contributed by atoms with Gasteiger partial charge in [-0.15, -0.1) is 0 Å². The van der Waals surface area contributed by atoms with Crippen LogP contribution in [0.15, 0.2) is 12.3 Å². The molecule has 0 aromatic carbocycles. The fourth-order valence-electron chi connectivity index (χ4n) is 0.838. The molecule has 0 amide bonds. The van der Waals surface area contributed by atoms with Crippen molar-refractivity contribution in [2.24, 2.45) is 0 Å². The van der Waals surface area contributed by atoms with Gasteiger partial charge in [0.1, 0.15) is 5.69 Å². The van der Waals surface area contributed by atoms with Gasteiger partial charge >= 0.3 is 6.18 Å². The normalized spacial score (nSPS) is 11.8. The zero-order chi connectivity index (χ0) is 10.1.